The first-order valence-electron chi connectivity index (χ1n) is 8.32. The van der Waals surface area contributed by atoms with Gasteiger partial charge in [-0.1, -0.05) is 68.4 Å². The Morgan fingerprint density at radius 3 is 2.00 bits per heavy atom. The first-order chi connectivity index (χ1) is 11.0. The third-order valence-electron chi connectivity index (χ3n) is 5.11. The predicted molar refractivity (Wildman–Crippen MR) is 101 cm³/mol. The fraction of sp³-hybridized carbons (Fsp3) is 0.273. The van der Waals surface area contributed by atoms with Gasteiger partial charge in [-0.2, -0.15) is 0 Å². The maximum atomic E-state index is 2.35. The molecule has 1 nitrogen and oxygen atoms in total. The minimum absolute atomic E-state index is 0.0366. The Morgan fingerprint density at radius 2 is 1.39 bits per heavy atom. The summed E-state index contributed by atoms with van der Waals surface area (Å²) >= 11 is 0. The molecule has 1 heteroatoms. The van der Waals surface area contributed by atoms with Crippen LogP contribution in [-0.2, 0) is 5.41 Å². The number of hydrogen-bond donors (Lipinski definition) is 0. The van der Waals surface area contributed by atoms with Crippen LogP contribution in [0.2, 0.25) is 0 Å². The lowest BCUT2D eigenvalue weighted by atomic mass is 9.74. The van der Waals surface area contributed by atoms with Crippen molar-refractivity contribution in [2.24, 2.45) is 0 Å². The summed E-state index contributed by atoms with van der Waals surface area (Å²) in [4.78, 5) is 2.14. The van der Waals surface area contributed by atoms with E-state index < -0.39 is 0 Å². The molecule has 0 aliphatic heterocycles. The number of hydrogen-bond acceptors (Lipinski definition) is 1. The molecule has 0 amide bonds. The smallest absolute Gasteiger partial charge is 0.0361 e. The van der Waals surface area contributed by atoms with Crippen molar-refractivity contribution < 1.29 is 0 Å². The number of nitrogens with zero attached hydrogens (tertiary/aromatic N) is 1. The third-order valence-corrected chi connectivity index (χ3v) is 5.11. The van der Waals surface area contributed by atoms with Crippen LogP contribution in [0.4, 0.5) is 5.69 Å². The lowest BCUT2D eigenvalue weighted by molar-refractivity contribution is 0.550. The molecule has 3 aromatic carbocycles. The van der Waals surface area contributed by atoms with Gasteiger partial charge in [0, 0.05) is 25.2 Å². The SMILES string of the molecule is CC[C@](C)(c1ccc(N(C)C)cc1)c1ccc2ccccc2c1. The van der Waals surface area contributed by atoms with Gasteiger partial charge in [0.05, 0.1) is 0 Å². The average molecular weight is 303 g/mol. The summed E-state index contributed by atoms with van der Waals surface area (Å²) < 4.78 is 0. The highest BCUT2D eigenvalue weighted by molar-refractivity contribution is 5.83. The lowest BCUT2D eigenvalue weighted by Gasteiger charge is -2.30. The first-order valence-corrected chi connectivity index (χ1v) is 8.32. The van der Waals surface area contributed by atoms with Crippen LogP contribution in [0.3, 0.4) is 0 Å². The molecule has 1 atom stereocenters. The van der Waals surface area contributed by atoms with E-state index in [2.05, 4.69) is 99.6 Å². The molecule has 0 aliphatic carbocycles. The van der Waals surface area contributed by atoms with Gasteiger partial charge >= 0.3 is 0 Å². The summed E-state index contributed by atoms with van der Waals surface area (Å²) in [6.45, 7) is 4.62. The monoisotopic (exact) mass is 303 g/mol. The molecule has 0 saturated carbocycles. The molecule has 0 bridgehead atoms. The van der Waals surface area contributed by atoms with E-state index in [1.165, 1.54) is 27.6 Å². The molecular formula is C22H25N. The van der Waals surface area contributed by atoms with Gasteiger partial charge in [0.1, 0.15) is 0 Å². The minimum atomic E-state index is 0.0366. The van der Waals surface area contributed by atoms with E-state index >= 15 is 0 Å². The number of fused-ring (bicyclic) bond motifs is 1. The average Bonchev–Trinajstić information content (AvgIpc) is 2.60. The van der Waals surface area contributed by atoms with Gasteiger partial charge in [-0.15, -0.1) is 0 Å². The fourth-order valence-corrected chi connectivity index (χ4v) is 3.23. The van der Waals surface area contributed by atoms with Gasteiger partial charge < -0.3 is 4.90 Å². The summed E-state index contributed by atoms with van der Waals surface area (Å²) in [5.41, 5.74) is 4.04. The van der Waals surface area contributed by atoms with Gasteiger partial charge in [0.2, 0.25) is 0 Å². The Kier molecular flexibility index (Phi) is 4.12. The molecular weight excluding hydrogens is 278 g/mol. The Bertz CT molecular complexity index is 802. The molecule has 0 fully saturated rings. The number of rotatable bonds is 4. The Labute approximate surface area is 139 Å². The quantitative estimate of drug-likeness (QED) is 0.604. The molecule has 0 N–H and O–H groups in total. The van der Waals surface area contributed by atoms with Crippen LogP contribution in [0.1, 0.15) is 31.4 Å². The van der Waals surface area contributed by atoms with Crippen molar-refractivity contribution in [1.29, 1.82) is 0 Å². The first kappa shape index (κ1) is 15.6. The second-order valence-electron chi connectivity index (χ2n) is 6.69. The Morgan fingerprint density at radius 1 is 0.783 bits per heavy atom. The maximum Gasteiger partial charge on any atom is 0.0361 e. The number of anilines is 1. The Balaban J connectivity index is 2.07. The van der Waals surface area contributed by atoms with Crippen LogP contribution in [-0.4, -0.2) is 14.1 Å². The van der Waals surface area contributed by atoms with E-state index in [0.29, 0.717) is 0 Å². The molecule has 118 valence electrons. The van der Waals surface area contributed by atoms with E-state index in [1.54, 1.807) is 0 Å². The van der Waals surface area contributed by atoms with Gasteiger partial charge in [-0.25, -0.2) is 0 Å². The van der Waals surface area contributed by atoms with Crippen LogP contribution in [0.5, 0.6) is 0 Å². The van der Waals surface area contributed by atoms with E-state index in [0.717, 1.165) is 6.42 Å². The highest BCUT2D eigenvalue weighted by Crippen LogP contribution is 2.37. The molecule has 3 rings (SSSR count). The van der Waals surface area contributed by atoms with Crippen LogP contribution in [0, 0.1) is 0 Å². The zero-order valence-electron chi connectivity index (χ0n) is 14.5. The van der Waals surface area contributed by atoms with Crippen molar-refractivity contribution in [2.45, 2.75) is 25.7 Å². The van der Waals surface area contributed by atoms with Gasteiger partial charge in [0.15, 0.2) is 0 Å². The van der Waals surface area contributed by atoms with Gasteiger partial charge in [0.25, 0.3) is 0 Å². The van der Waals surface area contributed by atoms with Crippen LogP contribution < -0.4 is 4.90 Å². The van der Waals surface area contributed by atoms with Crippen LogP contribution in [0.15, 0.2) is 66.7 Å². The van der Waals surface area contributed by atoms with Crippen molar-refractivity contribution in [3.63, 3.8) is 0 Å². The maximum absolute atomic E-state index is 2.35. The minimum Gasteiger partial charge on any atom is -0.378 e. The standard InChI is InChI=1S/C22H25N/c1-5-22(2,19-12-14-21(15-13-19)23(3)4)20-11-10-17-8-6-7-9-18(17)16-20/h6-16H,5H2,1-4H3/t22-/m1/s1. The highest BCUT2D eigenvalue weighted by Gasteiger charge is 2.27. The van der Waals surface area contributed by atoms with Crippen molar-refractivity contribution in [3.8, 4) is 0 Å². The Hall–Kier alpha value is -2.28. The fourth-order valence-electron chi connectivity index (χ4n) is 3.23. The largest absolute Gasteiger partial charge is 0.378 e. The molecule has 0 radical (unpaired) electrons. The third kappa shape index (κ3) is 2.84. The highest BCUT2D eigenvalue weighted by atomic mass is 15.1. The van der Waals surface area contributed by atoms with Crippen molar-refractivity contribution >= 4 is 16.5 Å². The van der Waals surface area contributed by atoms with E-state index in [1.807, 2.05) is 0 Å². The van der Waals surface area contributed by atoms with Gasteiger partial charge in [-0.3, -0.25) is 0 Å². The van der Waals surface area contributed by atoms with Gasteiger partial charge in [-0.05, 0) is 40.5 Å². The summed E-state index contributed by atoms with van der Waals surface area (Å²) in [7, 11) is 4.16. The topological polar surface area (TPSA) is 3.24 Å². The van der Waals surface area contributed by atoms with E-state index in [-0.39, 0.29) is 5.41 Å². The zero-order valence-corrected chi connectivity index (χ0v) is 14.5. The second-order valence-corrected chi connectivity index (χ2v) is 6.69. The van der Waals surface area contributed by atoms with Crippen LogP contribution >= 0.6 is 0 Å². The predicted octanol–water partition coefficient (Wildman–Crippen LogP) is 5.62. The van der Waals surface area contributed by atoms with Crippen molar-refractivity contribution in [2.75, 3.05) is 19.0 Å². The molecule has 0 aromatic heterocycles. The summed E-state index contributed by atoms with van der Waals surface area (Å²) in [6.07, 6.45) is 1.08. The molecule has 0 aliphatic rings. The summed E-state index contributed by atoms with van der Waals surface area (Å²) in [6, 6.07) is 24.4. The lowest BCUT2D eigenvalue weighted by Crippen LogP contribution is -2.22. The molecule has 3 aromatic rings. The van der Waals surface area contributed by atoms with E-state index in [9.17, 15) is 0 Å². The van der Waals surface area contributed by atoms with Crippen LogP contribution in [0.25, 0.3) is 10.8 Å². The molecule has 0 spiro atoms. The van der Waals surface area contributed by atoms with Crippen molar-refractivity contribution in [3.05, 3.63) is 77.9 Å². The summed E-state index contributed by atoms with van der Waals surface area (Å²) in [5.74, 6) is 0. The zero-order chi connectivity index (χ0) is 16.4. The number of benzene rings is 3. The molecule has 0 unspecified atom stereocenters. The molecule has 23 heavy (non-hydrogen) atoms. The normalized spacial score (nSPS) is 13.7. The molecule has 0 heterocycles. The van der Waals surface area contributed by atoms with E-state index in [4.69, 9.17) is 0 Å². The second kappa shape index (κ2) is 6.08. The summed E-state index contributed by atoms with van der Waals surface area (Å²) in [5, 5.41) is 2.62. The molecule has 0 saturated heterocycles. The van der Waals surface area contributed by atoms with Crippen molar-refractivity contribution in [1.82, 2.24) is 0 Å².